The molecule has 3 aromatic rings. The number of aromatic nitrogens is 2. The molecule has 1 amide bonds. The highest BCUT2D eigenvalue weighted by molar-refractivity contribution is 5.92. The number of anilines is 1. The molecule has 4 nitrogen and oxygen atoms in total. The summed E-state index contributed by atoms with van der Waals surface area (Å²) in [5.41, 5.74) is 3.57. The summed E-state index contributed by atoms with van der Waals surface area (Å²) < 4.78 is 28.0. The van der Waals surface area contributed by atoms with Crippen molar-refractivity contribution in [1.82, 2.24) is 9.38 Å². The van der Waals surface area contributed by atoms with Crippen LogP contribution in [0.4, 0.5) is 14.5 Å². The molecule has 3 rings (SSSR count). The zero-order valence-corrected chi connectivity index (χ0v) is 12.7. The van der Waals surface area contributed by atoms with Crippen LogP contribution in [-0.2, 0) is 11.2 Å². The number of nitrogens with one attached hydrogen (secondary N) is 1. The van der Waals surface area contributed by atoms with Crippen molar-refractivity contribution < 1.29 is 13.6 Å². The van der Waals surface area contributed by atoms with Gasteiger partial charge in [-0.05, 0) is 37.6 Å². The first-order valence-corrected chi connectivity index (χ1v) is 7.14. The van der Waals surface area contributed by atoms with E-state index in [-0.39, 0.29) is 18.0 Å². The highest BCUT2D eigenvalue weighted by atomic mass is 19.2. The quantitative estimate of drug-likeness (QED) is 0.805. The molecule has 0 spiro atoms. The van der Waals surface area contributed by atoms with Crippen LogP contribution in [0.5, 0.6) is 0 Å². The number of imidazole rings is 1. The largest absolute Gasteiger partial charge is 0.326 e. The van der Waals surface area contributed by atoms with E-state index in [0.29, 0.717) is 0 Å². The number of aryl methyl sites for hydroxylation is 2. The summed E-state index contributed by atoms with van der Waals surface area (Å²) in [6, 6.07) is 7.10. The molecule has 0 aliphatic carbocycles. The normalized spacial score (nSPS) is 11.0. The van der Waals surface area contributed by atoms with E-state index >= 15 is 0 Å². The molecule has 118 valence electrons. The molecular weight excluding hydrogens is 300 g/mol. The van der Waals surface area contributed by atoms with Gasteiger partial charge in [0, 0.05) is 18.0 Å². The Balaban J connectivity index is 1.84. The van der Waals surface area contributed by atoms with Crippen LogP contribution >= 0.6 is 0 Å². The summed E-state index contributed by atoms with van der Waals surface area (Å²) in [5, 5.41) is 2.57. The van der Waals surface area contributed by atoms with Crippen molar-refractivity contribution >= 4 is 17.2 Å². The lowest BCUT2D eigenvalue weighted by Gasteiger charge is -2.07. The number of pyridine rings is 1. The number of halogens is 2. The molecule has 0 aliphatic heterocycles. The number of carbonyl (C=O) groups excluding carboxylic acids is 1. The van der Waals surface area contributed by atoms with E-state index < -0.39 is 11.6 Å². The van der Waals surface area contributed by atoms with Gasteiger partial charge in [0.1, 0.15) is 5.65 Å². The molecule has 1 aromatic carbocycles. The topological polar surface area (TPSA) is 46.4 Å². The van der Waals surface area contributed by atoms with Crippen molar-refractivity contribution in [1.29, 1.82) is 0 Å². The molecule has 0 bridgehead atoms. The summed E-state index contributed by atoms with van der Waals surface area (Å²) in [6.45, 7) is 3.79. The van der Waals surface area contributed by atoms with Gasteiger partial charge in [-0.25, -0.2) is 13.8 Å². The number of fused-ring (bicyclic) bond motifs is 1. The minimum absolute atomic E-state index is 0.0927. The molecule has 0 atom stereocenters. The molecule has 0 saturated carbocycles. The molecule has 0 saturated heterocycles. The summed E-state index contributed by atoms with van der Waals surface area (Å²) in [6.07, 6.45) is 1.94. The van der Waals surface area contributed by atoms with Gasteiger partial charge in [0.2, 0.25) is 5.91 Å². The van der Waals surface area contributed by atoms with Gasteiger partial charge in [0.05, 0.1) is 17.8 Å². The second kappa shape index (κ2) is 5.79. The lowest BCUT2D eigenvalue weighted by Crippen LogP contribution is -2.16. The van der Waals surface area contributed by atoms with Crippen molar-refractivity contribution in [3.63, 3.8) is 0 Å². The van der Waals surface area contributed by atoms with Crippen LogP contribution < -0.4 is 5.32 Å². The molecule has 2 aromatic heterocycles. The molecule has 2 heterocycles. The Morgan fingerprint density at radius 2 is 2.00 bits per heavy atom. The van der Waals surface area contributed by atoms with Crippen LogP contribution in [0.3, 0.4) is 0 Å². The summed E-state index contributed by atoms with van der Waals surface area (Å²) in [4.78, 5) is 16.7. The average Bonchev–Trinajstić information content (AvgIpc) is 2.81. The zero-order chi connectivity index (χ0) is 16.6. The number of nitrogens with zero attached hydrogens (tertiary/aromatic N) is 2. The van der Waals surface area contributed by atoms with Crippen LogP contribution in [0.1, 0.15) is 17.0 Å². The number of hydrogen-bond donors (Lipinski definition) is 1. The Morgan fingerprint density at radius 3 is 2.74 bits per heavy atom. The monoisotopic (exact) mass is 315 g/mol. The molecule has 23 heavy (non-hydrogen) atoms. The van der Waals surface area contributed by atoms with E-state index in [1.807, 2.05) is 36.6 Å². The first kappa shape index (κ1) is 15.1. The lowest BCUT2D eigenvalue weighted by atomic mass is 10.2. The summed E-state index contributed by atoms with van der Waals surface area (Å²) in [5.74, 6) is -2.26. The standard InChI is InChI=1S/C17H15F2N3O/c1-10-4-3-7-22-15(11(2)20-17(10)22)9-16(23)21-12-5-6-13(18)14(19)8-12/h3-8H,9H2,1-2H3,(H,21,23). The SMILES string of the molecule is Cc1nc2c(C)cccn2c1CC(=O)Nc1ccc(F)c(F)c1. The maximum Gasteiger partial charge on any atom is 0.230 e. The van der Waals surface area contributed by atoms with Gasteiger partial charge in [-0.3, -0.25) is 4.79 Å². The molecule has 1 N–H and O–H groups in total. The Bertz CT molecular complexity index is 902. The molecule has 0 radical (unpaired) electrons. The van der Waals surface area contributed by atoms with Crippen molar-refractivity contribution in [2.75, 3.05) is 5.32 Å². The van der Waals surface area contributed by atoms with Crippen LogP contribution in [0.2, 0.25) is 0 Å². The van der Waals surface area contributed by atoms with E-state index in [0.717, 1.165) is 34.7 Å². The molecule has 0 aliphatic rings. The molecule has 6 heteroatoms. The Labute approximate surface area is 131 Å². The van der Waals surface area contributed by atoms with Gasteiger partial charge in [-0.1, -0.05) is 6.07 Å². The Hall–Kier alpha value is -2.76. The van der Waals surface area contributed by atoms with Gasteiger partial charge in [0.25, 0.3) is 0 Å². The third-order valence-electron chi connectivity index (χ3n) is 3.68. The van der Waals surface area contributed by atoms with Crippen LogP contribution in [0.15, 0.2) is 36.5 Å². The van der Waals surface area contributed by atoms with E-state index in [1.54, 1.807) is 0 Å². The molecular formula is C17H15F2N3O. The number of amides is 1. The lowest BCUT2D eigenvalue weighted by molar-refractivity contribution is -0.115. The second-order valence-electron chi connectivity index (χ2n) is 5.38. The number of carbonyl (C=O) groups is 1. The van der Waals surface area contributed by atoms with Gasteiger partial charge >= 0.3 is 0 Å². The van der Waals surface area contributed by atoms with Crippen LogP contribution in [0.25, 0.3) is 5.65 Å². The summed E-state index contributed by atoms with van der Waals surface area (Å²) >= 11 is 0. The van der Waals surface area contributed by atoms with Crippen molar-refractivity contribution in [3.05, 3.63) is 65.1 Å². The summed E-state index contributed by atoms with van der Waals surface area (Å²) in [7, 11) is 0. The maximum atomic E-state index is 13.2. The fourth-order valence-corrected chi connectivity index (χ4v) is 2.51. The predicted octanol–water partition coefficient (Wildman–Crippen LogP) is 3.41. The van der Waals surface area contributed by atoms with Crippen molar-refractivity contribution in [3.8, 4) is 0 Å². The maximum absolute atomic E-state index is 13.2. The smallest absolute Gasteiger partial charge is 0.230 e. The highest BCUT2D eigenvalue weighted by Crippen LogP contribution is 2.17. The van der Waals surface area contributed by atoms with Crippen molar-refractivity contribution in [2.45, 2.75) is 20.3 Å². The van der Waals surface area contributed by atoms with Gasteiger partial charge < -0.3 is 9.72 Å². The third-order valence-corrected chi connectivity index (χ3v) is 3.68. The highest BCUT2D eigenvalue weighted by Gasteiger charge is 2.14. The number of rotatable bonds is 3. The van der Waals surface area contributed by atoms with E-state index in [2.05, 4.69) is 10.3 Å². The van der Waals surface area contributed by atoms with E-state index in [4.69, 9.17) is 0 Å². The van der Waals surface area contributed by atoms with Gasteiger partial charge in [0.15, 0.2) is 11.6 Å². The van der Waals surface area contributed by atoms with Gasteiger partial charge in [-0.2, -0.15) is 0 Å². The average molecular weight is 315 g/mol. The first-order valence-electron chi connectivity index (χ1n) is 7.14. The second-order valence-corrected chi connectivity index (χ2v) is 5.38. The number of benzene rings is 1. The molecule has 0 unspecified atom stereocenters. The van der Waals surface area contributed by atoms with Crippen LogP contribution in [-0.4, -0.2) is 15.3 Å². The van der Waals surface area contributed by atoms with Crippen molar-refractivity contribution in [2.24, 2.45) is 0 Å². The Morgan fingerprint density at radius 1 is 1.22 bits per heavy atom. The molecule has 0 fully saturated rings. The van der Waals surface area contributed by atoms with Crippen LogP contribution in [0, 0.1) is 25.5 Å². The minimum Gasteiger partial charge on any atom is -0.326 e. The third kappa shape index (κ3) is 2.92. The minimum atomic E-state index is -0.996. The van der Waals surface area contributed by atoms with E-state index in [1.165, 1.54) is 6.07 Å². The number of hydrogen-bond acceptors (Lipinski definition) is 2. The fourth-order valence-electron chi connectivity index (χ4n) is 2.51. The first-order chi connectivity index (χ1) is 11.0. The Kier molecular flexibility index (Phi) is 3.82. The van der Waals surface area contributed by atoms with E-state index in [9.17, 15) is 13.6 Å². The van der Waals surface area contributed by atoms with Gasteiger partial charge in [-0.15, -0.1) is 0 Å². The fraction of sp³-hybridized carbons (Fsp3) is 0.176. The zero-order valence-electron chi connectivity index (χ0n) is 12.7. The predicted molar refractivity (Wildman–Crippen MR) is 83.4 cm³/mol.